The molecule has 0 bridgehead atoms. The van der Waals surface area contributed by atoms with Gasteiger partial charge in [-0.1, -0.05) is 13.8 Å². The number of aliphatic carboxylic acids is 1. The highest BCUT2D eigenvalue weighted by Crippen LogP contribution is 2.45. The number of hydrogen-bond donors (Lipinski definition) is 1. The third kappa shape index (κ3) is 1.87. The second-order valence-electron chi connectivity index (χ2n) is 4.05. The van der Waals surface area contributed by atoms with Gasteiger partial charge in [0, 0.05) is 5.38 Å². The van der Waals surface area contributed by atoms with Crippen LogP contribution in [0.5, 0.6) is 11.5 Å². The zero-order valence-corrected chi connectivity index (χ0v) is 10.0. The van der Waals surface area contributed by atoms with Crippen molar-refractivity contribution < 1.29 is 19.4 Å². The van der Waals surface area contributed by atoms with E-state index < -0.39 is 11.9 Å². The second-order valence-corrected chi connectivity index (χ2v) is 4.96. The summed E-state index contributed by atoms with van der Waals surface area (Å²) in [5.74, 6) is 0.00514. The maximum absolute atomic E-state index is 11.2. The van der Waals surface area contributed by atoms with E-state index in [-0.39, 0.29) is 5.92 Å². The molecule has 1 aliphatic rings. The molecule has 1 aromatic rings. The van der Waals surface area contributed by atoms with Crippen molar-refractivity contribution in [3.8, 4) is 11.5 Å². The van der Waals surface area contributed by atoms with Crippen LogP contribution in [0.3, 0.4) is 0 Å². The average Bonchev–Trinajstić information content (AvgIpc) is 2.61. The zero-order chi connectivity index (χ0) is 11.7. The van der Waals surface area contributed by atoms with Gasteiger partial charge in [0.15, 0.2) is 11.5 Å². The highest BCUT2D eigenvalue weighted by molar-refractivity contribution is 7.10. The molecular formula is C11H14O4S. The summed E-state index contributed by atoms with van der Waals surface area (Å²) in [5.41, 5.74) is 0. The second kappa shape index (κ2) is 4.33. The number of carboxylic acids is 1. The van der Waals surface area contributed by atoms with Crippen LogP contribution in [0, 0.1) is 5.92 Å². The van der Waals surface area contributed by atoms with Crippen molar-refractivity contribution in [3.05, 3.63) is 10.3 Å². The maximum atomic E-state index is 11.2. The number of rotatable bonds is 3. The molecule has 1 unspecified atom stereocenters. The fourth-order valence-electron chi connectivity index (χ4n) is 1.80. The van der Waals surface area contributed by atoms with Gasteiger partial charge in [-0.3, -0.25) is 4.79 Å². The fraction of sp³-hybridized carbons (Fsp3) is 0.545. The van der Waals surface area contributed by atoms with E-state index in [1.807, 2.05) is 19.2 Å². The first-order valence-electron chi connectivity index (χ1n) is 5.21. The predicted molar refractivity (Wildman–Crippen MR) is 60.5 cm³/mol. The Bertz CT molecular complexity index is 397. The van der Waals surface area contributed by atoms with Gasteiger partial charge >= 0.3 is 5.97 Å². The molecule has 0 fully saturated rings. The van der Waals surface area contributed by atoms with Gasteiger partial charge in [0.2, 0.25) is 0 Å². The first-order chi connectivity index (χ1) is 7.61. The molecule has 88 valence electrons. The normalized spacial score (nSPS) is 16.2. The number of fused-ring (bicyclic) bond motifs is 1. The molecule has 1 aromatic heterocycles. The Kier molecular flexibility index (Phi) is 3.05. The maximum Gasteiger partial charge on any atom is 0.312 e. The molecule has 0 radical (unpaired) electrons. The van der Waals surface area contributed by atoms with Crippen LogP contribution in [0.2, 0.25) is 0 Å². The predicted octanol–water partition coefficient (Wildman–Crippen LogP) is 2.34. The summed E-state index contributed by atoms with van der Waals surface area (Å²) in [7, 11) is 0. The van der Waals surface area contributed by atoms with Crippen molar-refractivity contribution in [1.29, 1.82) is 0 Å². The first-order valence-corrected chi connectivity index (χ1v) is 6.09. The lowest BCUT2D eigenvalue weighted by Crippen LogP contribution is -2.20. The lowest BCUT2D eigenvalue weighted by atomic mass is 9.94. The number of ether oxygens (including phenoxy) is 2. The van der Waals surface area contributed by atoms with E-state index in [0.29, 0.717) is 24.7 Å². The standard InChI is InChI=1S/C11H14O4S/c1-6(2)8(11(12)13)10-9-7(5-16-10)14-3-4-15-9/h5-6,8H,3-4H2,1-2H3,(H,12,13). The first kappa shape index (κ1) is 11.3. The molecule has 1 atom stereocenters. The summed E-state index contributed by atoms with van der Waals surface area (Å²) in [6.45, 7) is 4.81. The van der Waals surface area contributed by atoms with Crippen molar-refractivity contribution in [2.24, 2.45) is 5.92 Å². The lowest BCUT2D eigenvalue weighted by molar-refractivity contribution is -0.139. The van der Waals surface area contributed by atoms with Crippen LogP contribution < -0.4 is 9.47 Å². The van der Waals surface area contributed by atoms with Crippen molar-refractivity contribution in [2.45, 2.75) is 19.8 Å². The largest absolute Gasteiger partial charge is 0.485 e. The summed E-state index contributed by atoms with van der Waals surface area (Å²) in [6.07, 6.45) is 0. The molecule has 0 aliphatic carbocycles. The van der Waals surface area contributed by atoms with Gasteiger partial charge in [-0.15, -0.1) is 11.3 Å². The van der Waals surface area contributed by atoms with E-state index in [4.69, 9.17) is 9.47 Å². The molecule has 5 heteroatoms. The van der Waals surface area contributed by atoms with Gasteiger partial charge < -0.3 is 14.6 Å². The molecule has 0 saturated heterocycles. The Morgan fingerprint density at radius 3 is 2.75 bits per heavy atom. The Hall–Kier alpha value is -1.23. The van der Waals surface area contributed by atoms with Crippen LogP contribution in [0.4, 0.5) is 0 Å². The summed E-state index contributed by atoms with van der Waals surface area (Å²) < 4.78 is 10.9. The van der Waals surface area contributed by atoms with Crippen LogP contribution in [0.1, 0.15) is 24.6 Å². The average molecular weight is 242 g/mol. The van der Waals surface area contributed by atoms with Crippen LogP contribution in [-0.4, -0.2) is 24.3 Å². The molecule has 2 rings (SSSR count). The minimum absolute atomic E-state index is 0.0331. The third-order valence-corrected chi connectivity index (χ3v) is 3.57. The van der Waals surface area contributed by atoms with E-state index in [0.717, 1.165) is 4.88 Å². The fourth-order valence-corrected chi connectivity index (χ4v) is 2.99. The van der Waals surface area contributed by atoms with Gasteiger partial charge in [0.1, 0.15) is 13.2 Å². The smallest absolute Gasteiger partial charge is 0.312 e. The number of carboxylic acid groups (broad SMARTS) is 1. The monoisotopic (exact) mass is 242 g/mol. The molecule has 0 amide bonds. The highest BCUT2D eigenvalue weighted by Gasteiger charge is 2.31. The Balaban J connectivity index is 2.38. The number of thiophene rings is 1. The molecule has 2 heterocycles. The molecule has 1 aliphatic heterocycles. The Labute approximate surface area is 97.8 Å². The van der Waals surface area contributed by atoms with Crippen molar-refractivity contribution in [1.82, 2.24) is 0 Å². The number of hydrogen-bond acceptors (Lipinski definition) is 4. The summed E-state index contributed by atoms with van der Waals surface area (Å²) in [6, 6.07) is 0. The minimum Gasteiger partial charge on any atom is -0.485 e. The SMILES string of the molecule is CC(C)C(C(=O)O)c1scc2c1OCCO2. The number of carbonyl (C=O) groups is 1. The van der Waals surface area contributed by atoms with Gasteiger partial charge in [-0.2, -0.15) is 0 Å². The molecule has 0 spiro atoms. The van der Waals surface area contributed by atoms with Gasteiger partial charge in [0.25, 0.3) is 0 Å². The molecule has 0 aromatic carbocycles. The van der Waals surface area contributed by atoms with Crippen molar-refractivity contribution >= 4 is 17.3 Å². The lowest BCUT2D eigenvalue weighted by Gasteiger charge is -2.20. The summed E-state index contributed by atoms with van der Waals surface area (Å²) in [4.78, 5) is 12.0. The van der Waals surface area contributed by atoms with Crippen LogP contribution in [-0.2, 0) is 4.79 Å². The van der Waals surface area contributed by atoms with Gasteiger partial charge in [0.05, 0.1) is 10.8 Å². The van der Waals surface area contributed by atoms with E-state index in [2.05, 4.69) is 0 Å². The Morgan fingerprint density at radius 2 is 2.12 bits per heavy atom. The van der Waals surface area contributed by atoms with E-state index >= 15 is 0 Å². The van der Waals surface area contributed by atoms with Gasteiger partial charge in [-0.25, -0.2) is 0 Å². The Morgan fingerprint density at radius 1 is 1.44 bits per heavy atom. The highest BCUT2D eigenvalue weighted by atomic mass is 32.1. The van der Waals surface area contributed by atoms with Crippen molar-refractivity contribution in [3.63, 3.8) is 0 Å². The topological polar surface area (TPSA) is 55.8 Å². The van der Waals surface area contributed by atoms with Gasteiger partial charge in [-0.05, 0) is 5.92 Å². The third-order valence-electron chi connectivity index (χ3n) is 2.54. The molecule has 4 nitrogen and oxygen atoms in total. The van der Waals surface area contributed by atoms with E-state index in [9.17, 15) is 9.90 Å². The quantitative estimate of drug-likeness (QED) is 0.884. The van der Waals surface area contributed by atoms with E-state index in [1.54, 1.807) is 0 Å². The minimum atomic E-state index is -0.811. The van der Waals surface area contributed by atoms with E-state index in [1.165, 1.54) is 11.3 Å². The molecule has 16 heavy (non-hydrogen) atoms. The van der Waals surface area contributed by atoms with Crippen LogP contribution in [0.15, 0.2) is 5.38 Å². The van der Waals surface area contributed by atoms with Crippen LogP contribution >= 0.6 is 11.3 Å². The molecule has 1 N–H and O–H groups in total. The summed E-state index contributed by atoms with van der Waals surface area (Å²) in [5, 5.41) is 11.0. The molecule has 0 saturated carbocycles. The molecular weight excluding hydrogens is 228 g/mol. The summed E-state index contributed by atoms with van der Waals surface area (Å²) >= 11 is 1.40. The van der Waals surface area contributed by atoms with Crippen LogP contribution in [0.25, 0.3) is 0 Å². The van der Waals surface area contributed by atoms with Crippen molar-refractivity contribution in [2.75, 3.05) is 13.2 Å². The zero-order valence-electron chi connectivity index (χ0n) is 9.23.